The summed E-state index contributed by atoms with van der Waals surface area (Å²) in [5.41, 5.74) is 3.04. The number of fused-ring (bicyclic) bond motifs is 1. The molecule has 0 unspecified atom stereocenters. The lowest BCUT2D eigenvalue weighted by Crippen LogP contribution is -2.30. The van der Waals surface area contributed by atoms with Gasteiger partial charge in [-0.15, -0.1) is 0 Å². The third kappa shape index (κ3) is 3.31. The van der Waals surface area contributed by atoms with Gasteiger partial charge in [0.05, 0.1) is 5.75 Å². The minimum atomic E-state index is -0.113. The molecule has 24 heavy (non-hydrogen) atoms. The molecule has 0 atom stereocenters. The summed E-state index contributed by atoms with van der Waals surface area (Å²) in [6.07, 6.45) is 1.41. The van der Waals surface area contributed by atoms with Gasteiger partial charge in [0, 0.05) is 13.1 Å². The van der Waals surface area contributed by atoms with Crippen LogP contribution >= 0.6 is 11.8 Å². The van der Waals surface area contributed by atoms with E-state index in [2.05, 4.69) is 9.97 Å². The van der Waals surface area contributed by atoms with Gasteiger partial charge in [0.25, 0.3) is 11.1 Å². The summed E-state index contributed by atoms with van der Waals surface area (Å²) >= 11 is 1.39. The molecule has 0 aliphatic carbocycles. The number of benzene rings is 1. The topological polar surface area (TPSA) is 72.4 Å². The first-order chi connectivity index (χ1) is 11.6. The highest BCUT2D eigenvalue weighted by atomic mass is 32.2. The molecule has 6 nitrogen and oxygen atoms in total. The van der Waals surface area contributed by atoms with Crippen LogP contribution in [-0.2, 0) is 5.75 Å². The van der Waals surface area contributed by atoms with E-state index in [1.54, 1.807) is 4.90 Å². The van der Waals surface area contributed by atoms with Crippen LogP contribution in [0.5, 0.6) is 0 Å². The van der Waals surface area contributed by atoms with Gasteiger partial charge in [-0.1, -0.05) is 23.9 Å². The molecule has 0 saturated heterocycles. The maximum absolute atomic E-state index is 12.2. The van der Waals surface area contributed by atoms with Crippen LogP contribution in [0.4, 0.5) is 0 Å². The lowest BCUT2D eigenvalue weighted by Gasteiger charge is -2.16. The van der Waals surface area contributed by atoms with Crippen LogP contribution in [0.25, 0.3) is 11.1 Å². The van der Waals surface area contributed by atoms with Crippen molar-refractivity contribution >= 4 is 28.8 Å². The molecule has 2 heterocycles. The van der Waals surface area contributed by atoms with Gasteiger partial charge in [-0.05, 0) is 32.4 Å². The van der Waals surface area contributed by atoms with Crippen LogP contribution in [0.2, 0.25) is 0 Å². The molecule has 1 amide bonds. The SMILES string of the molecule is CCN(CC)C(=O)c1coc(CSc2nc3c(C)cccc3o2)n1. The van der Waals surface area contributed by atoms with E-state index in [1.807, 2.05) is 39.0 Å². The first-order valence-electron chi connectivity index (χ1n) is 7.85. The minimum Gasteiger partial charge on any atom is -0.447 e. The fourth-order valence-electron chi connectivity index (χ4n) is 2.40. The molecule has 0 spiro atoms. The molecule has 0 fully saturated rings. The van der Waals surface area contributed by atoms with Crippen LogP contribution in [0.1, 0.15) is 35.8 Å². The summed E-state index contributed by atoms with van der Waals surface area (Å²) in [7, 11) is 0. The number of rotatable bonds is 6. The number of nitrogens with zero attached hydrogens (tertiary/aromatic N) is 3. The number of aryl methyl sites for hydroxylation is 1. The quantitative estimate of drug-likeness (QED) is 0.631. The zero-order valence-electron chi connectivity index (χ0n) is 13.9. The number of carbonyl (C=O) groups is 1. The van der Waals surface area contributed by atoms with Crippen molar-refractivity contribution in [3.8, 4) is 0 Å². The minimum absolute atomic E-state index is 0.113. The van der Waals surface area contributed by atoms with E-state index in [1.165, 1.54) is 18.0 Å². The lowest BCUT2D eigenvalue weighted by atomic mass is 10.2. The molecule has 0 aliphatic heterocycles. The van der Waals surface area contributed by atoms with Gasteiger partial charge in [-0.3, -0.25) is 4.79 Å². The van der Waals surface area contributed by atoms with Gasteiger partial charge in [-0.2, -0.15) is 0 Å². The lowest BCUT2D eigenvalue weighted by molar-refractivity contribution is 0.0767. The second kappa shape index (κ2) is 7.09. The largest absolute Gasteiger partial charge is 0.447 e. The summed E-state index contributed by atoms with van der Waals surface area (Å²) in [6, 6.07) is 5.83. The van der Waals surface area contributed by atoms with Crippen molar-refractivity contribution in [1.29, 1.82) is 0 Å². The van der Waals surface area contributed by atoms with E-state index in [0.717, 1.165) is 16.7 Å². The highest BCUT2D eigenvalue weighted by Gasteiger charge is 2.18. The Bertz CT molecular complexity index is 852. The Morgan fingerprint density at radius 2 is 2.04 bits per heavy atom. The number of hydrogen-bond acceptors (Lipinski definition) is 6. The standard InChI is InChI=1S/C17H19N3O3S/c1-4-20(5-2)16(21)12-9-22-14(18-12)10-24-17-19-15-11(3)7-6-8-13(15)23-17/h6-9H,4-5,10H2,1-3H3. The highest BCUT2D eigenvalue weighted by molar-refractivity contribution is 7.98. The summed E-state index contributed by atoms with van der Waals surface area (Å²) in [5, 5.41) is 0.564. The third-order valence-corrected chi connectivity index (χ3v) is 4.55. The van der Waals surface area contributed by atoms with Gasteiger partial charge in [0.1, 0.15) is 11.8 Å². The monoisotopic (exact) mass is 345 g/mol. The van der Waals surface area contributed by atoms with Gasteiger partial charge in [-0.25, -0.2) is 9.97 Å². The van der Waals surface area contributed by atoms with Crippen LogP contribution in [0.3, 0.4) is 0 Å². The van der Waals surface area contributed by atoms with E-state index in [4.69, 9.17) is 8.83 Å². The van der Waals surface area contributed by atoms with E-state index < -0.39 is 0 Å². The molecule has 0 saturated carbocycles. The van der Waals surface area contributed by atoms with E-state index in [9.17, 15) is 4.79 Å². The number of amides is 1. The van der Waals surface area contributed by atoms with Crippen LogP contribution in [0, 0.1) is 6.92 Å². The molecule has 0 N–H and O–H groups in total. The Morgan fingerprint density at radius 3 is 2.75 bits per heavy atom. The van der Waals surface area contributed by atoms with E-state index in [0.29, 0.717) is 35.6 Å². The van der Waals surface area contributed by atoms with Crippen molar-refractivity contribution in [2.24, 2.45) is 0 Å². The molecule has 3 rings (SSSR count). The number of para-hydroxylation sites is 1. The van der Waals surface area contributed by atoms with Crippen LogP contribution in [-0.4, -0.2) is 33.9 Å². The second-order valence-electron chi connectivity index (χ2n) is 5.29. The van der Waals surface area contributed by atoms with Gasteiger partial charge < -0.3 is 13.7 Å². The molecular weight excluding hydrogens is 326 g/mol. The number of thioether (sulfide) groups is 1. The zero-order chi connectivity index (χ0) is 17.1. The Balaban J connectivity index is 1.68. The summed E-state index contributed by atoms with van der Waals surface area (Å²) in [4.78, 5) is 22.7. The van der Waals surface area contributed by atoms with Crippen molar-refractivity contribution in [3.05, 3.63) is 41.6 Å². The van der Waals surface area contributed by atoms with Crippen molar-refractivity contribution < 1.29 is 13.6 Å². The molecule has 0 aliphatic rings. The summed E-state index contributed by atoms with van der Waals surface area (Å²) < 4.78 is 11.1. The molecule has 126 valence electrons. The number of oxazole rings is 2. The Kier molecular flexibility index (Phi) is 4.89. The normalized spacial score (nSPS) is 11.1. The van der Waals surface area contributed by atoms with Crippen molar-refractivity contribution in [2.75, 3.05) is 13.1 Å². The van der Waals surface area contributed by atoms with E-state index in [-0.39, 0.29) is 5.91 Å². The predicted molar refractivity (Wildman–Crippen MR) is 92.1 cm³/mol. The molecule has 3 aromatic rings. The van der Waals surface area contributed by atoms with Crippen molar-refractivity contribution in [3.63, 3.8) is 0 Å². The second-order valence-corrected chi connectivity index (χ2v) is 6.22. The van der Waals surface area contributed by atoms with Gasteiger partial charge in [0.2, 0.25) is 5.89 Å². The molecule has 1 aromatic carbocycles. The zero-order valence-corrected chi connectivity index (χ0v) is 14.7. The summed E-state index contributed by atoms with van der Waals surface area (Å²) in [5.74, 6) is 0.823. The van der Waals surface area contributed by atoms with Gasteiger partial charge >= 0.3 is 0 Å². The maximum atomic E-state index is 12.2. The fraction of sp³-hybridized carbons (Fsp3) is 0.353. The molecule has 0 bridgehead atoms. The first kappa shape index (κ1) is 16.6. The van der Waals surface area contributed by atoms with Crippen LogP contribution in [0.15, 0.2) is 38.5 Å². The smallest absolute Gasteiger partial charge is 0.275 e. The average molecular weight is 345 g/mol. The molecule has 7 heteroatoms. The average Bonchev–Trinajstić information content (AvgIpc) is 3.21. The summed E-state index contributed by atoms with van der Waals surface area (Å²) in [6.45, 7) is 7.17. The third-order valence-electron chi connectivity index (χ3n) is 3.74. The Morgan fingerprint density at radius 1 is 1.25 bits per heavy atom. The maximum Gasteiger partial charge on any atom is 0.275 e. The predicted octanol–water partition coefficient (Wildman–Crippen LogP) is 3.90. The first-order valence-corrected chi connectivity index (χ1v) is 8.83. The number of carbonyl (C=O) groups excluding carboxylic acids is 1. The number of aromatic nitrogens is 2. The Hall–Kier alpha value is -2.28. The fourth-order valence-corrected chi connectivity index (χ4v) is 3.08. The Labute approximate surface area is 144 Å². The molecular formula is C17H19N3O3S. The molecule has 0 radical (unpaired) electrons. The highest BCUT2D eigenvalue weighted by Crippen LogP contribution is 2.27. The van der Waals surface area contributed by atoms with E-state index >= 15 is 0 Å². The van der Waals surface area contributed by atoms with Crippen LogP contribution < -0.4 is 0 Å². The van der Waals surface area contributed by atoms with Crippen molar-refractivity contribution in [2.45, 2.75) is 31.7 Å². The van der Waals surface area contributed by atoms with Gasteiger partial charge in [0.15, 0.2) is 11.3 Å². The molecule has 2 aromatic heterocycles. The van der Waals surface area contributed by atoms with Crippen molar-refractivity contribution in [1.82, 2.24) is 14.9 Å². The number of hydrogen-bond donors (Lipinski definition) is 0.